The summed E-state index contributed by atoms with van der Waals surface area (Å²) in [6, 6.07) is -1.03. The van der Waals surface area contributed by atoms with Crippen molar-refractivity contribution in [3.05, 3.63) is 0 Å². The first kappa shape index (κ1) is 15.7. The van der Waals surface area contributed by atoms with Gasteiger partial charge in [-0.25, -0.2) is 9.59 Å². The molecule has 2 atom stereocenters. The summed E-state index contributed by atoms with van der Waals surface area (Å²) < 4.78 is 4.96. The molecule has 1 amide bonds. The Morgan fingerprint density at radius 2 is 1.94 bits per heavy atom. The Balaban J connectivity index is 4.42. The van der Waals surface area contributed by atoms with E-state index in [0.717, 1.165) is 0 Å². The molecular formula is C9H15Br2NO4. The Bertz CT molecular complexity index is 265. The molecule has 94 valence electrons. The molecule has 7 heteroatoms. The fourth-order valence-electron chi connectivity index (χ4n) is 0.830. The minimum Gasteiger partial charge on any atom is -0.480 e. The molecule has 0 heterocycles. The summed E-state index contributed by atoms with van der Waals surface area (Å²) in [5.41, 5.74) is -0.649. The van der Waals surface area contributed by atoms with Crippen molar-refractivity contribution < 1.29 is 19.4 Å². The van der Waals surface area contributed by atoms with E-state index in [1.807, 2.05) is 0 Å². The van der Waals surface area contributed by atoms with Gasteiger partial charge in [-0.2, -0.15) is 0 Å². The molecule has 1 unspecified atom stereocenters. The number of alkyl carbamates (subject to hydrolysis) is 1. The first-order valence-electron chi connectivity index (χ1n) is 4.59. The number of aliphatic carboxylic acids is 1. The maximum atomic E-state index is 11.4. The third-order valence-corrected chi connectivity index (χ3v) is 3.87. The summed E-state index contributed by atoms with van der Waals surface area (Å²) in [5.74, 6) is -1.12. The van der Waals surface area contributed by atoms with Crippen LogP contribution in [0.4, 0.5) is 4.79 Å². The first-order valence-corrected chi connectivity index (χ1v) is 6.63. The van der Waals surface area contributed by atoms with Crippen molar-refractivity contribution in [1.29, 1.82) is 0 Å². The smallest absolute Gasteiger partial charge is 0.408 e. The zero-order valence-corrected chi connectivity index (χ0v) is 12.5. The van der Waals surface area contributed by atoms with Crippen LogP contribution in [0.25, 0.3) is 0 Å². The van der Waals surface area contributed by atoms with Crippen molar-refractivity contribution in [2.24, 2.45) is 0 Å². The minimum absolute atomic E-state index is 0.403. The molecule has 0 fully saturated rings. The normalized spacial score (nSPS) is 15.1. The zero-order chi connectivity index (χ0) is 12.9. The average molecular weight is 361 g/mol. The van der Waals surface area contributed by atoms with Gasteiger partial charge in [-0.1, -0.05) is 31.9 Å². The summed E-state index contributed by atoms with van der Waals surface area (Å²) in [5, 5.41) is 11.6. The van der Waals surface area contributed by atoms with Gasteiger partial charge in [0.2, 0.25) is 0 Å². The number of halogens is 2. The number of carboxylic acids is 1. The van der Waals surface area contributed by atoms with Crippen molar-refractivity contribution in [1.82, 2.24) is 5.32 Å². The molecule has 0 bridgehead atoms. The van der Waals surface area contributed by atoms with Crippen LogP contribution >= 0.6 is 31.9 Å². The van der Waals surface area contributed by atoms with Crippen LogP contribution < -0.4 is 5.32 Å². The van der Waals surface area contributed by atoms with Crippen molar-refractivity contribution in [2.45, 2.75) is 37.2 Å². The van der Waals surface area contributed by atoms with E-state index in [4.69, 9.17) is 9.84 Å². The second-order valence-corrected chi connectivity index (χ2v) is 5.96. The molecule has 16 heavy (non-hydrogen) atoms. The SMILES string of the molecule is CC(C)(C)OC(=O)N[C@H](C(=O)O)C(Br)CBr. The molecule has 0 rings (SSSR count). The molecule has 0 aromatic rings. The maximum absolute atomic E-state index is 11.4. The van der Waals surface area contributed by atoms with Crippen LogP contribution in [0.1, 0.15) is 20.8 Å². The second-order valence-electron chi connectivity index (χ2n) is 4.13. The lowest BCUT2D eigenvalue weighted by atomic mass is 10.2. The lowest BCUT2D eigenvalue weighted by Gasteiger charge is -2.23. The molecule has 0 saturated heterocycles. The van der Waals surface area contributed by atoms with Crippen molar-refractivity contribution in [3.8, 4) is 0 Å². The van der Waals surface area contributed by atoms with Crippen LogP contribution in [0, 0.1) is 0 Å². The van der Waals surface area contributed by atoms with E-state index >= 15 is 0 Å². The molecule has 0 aromatic heterocycles. The third kappa shape index (κ3) is 6.32. The van der Waals surface area contributed by atoms with Crippen molar-refractivity contribution in [2.75, 3.05) is 5.33 Å². The Morgan fingerprint density at radius 1 is 1.44 bits per heavy atom. The van der Waals surface area contributed by atoms with E-state index in [1.165, 1.54) is 0 Å². The zero-order valence-electron chi connectivity index (χ0n) is 9.29. The summed E-state index contributed by atoms with van der Waals surface area (Å²) in [4.78, 5) is 21.8. The number of hydrogen-bond donors (Lipinski definition) is 2. The van der Waals surface area contributed by atoms with Gasteiger partial charge < -0.3 is 15.2 Å². The van der Waals surface area contributed by atoms with Gasteiger partial charge in [0.25, 0.3) is 0 Å². The summed E-state index contributed by atoms with van der Waals surface area (Å²) in [7, 11) is 0. The van der Waals surface area contributed by atoms with Gasteiger partial charge in [0.15, 0.2) is 0 Å². The van der Waals surface area contributed by atoms with Crippen LogP contribution in [0.5, 0.6) is 0 Å². The lowest BCUT2D eigenvalue weighted by molar-refractivity contribution is -0.139. The van der Waals surface area contributed by atoms with Crippen LogP contribution in [0.3, 0.4) is 0 Å². The highest BCUT2D eigenvalue weighted by atomic mass is 79.9. The van der Waals surface area contributed by atoms with E-state index in [1.54, 1.807) is 20.8 Å². The van der Waals surface area contributed by atoms with Gasteiger partial charge in [0.05, 0.1) is 4.83 Å². The minimum atomic E-state index is -1.12. The Labute approximate surface area is 111 Å². The van der Waals surface area contributed by atoms with Gasteiger partial charge in [-0.05, 0) is 20.8 Å². The van der Waals surface area contributed by atoms with E-state index in [2.05, 4.69) is 37.2 Å². The topological polar surface area (TPSA) is 75.6 Å². The standard InChI is InChI=1S/C9H15Br2NO4/c1-9(2,3)16-8(15)12-6(7(13)14)5(11)4-10/h5-6H,4H2,1-3H3,(H,12,15)(H,13,14)/t5?,6-/m0/s1. The highest BCUT2D eigenvalue weighted by Gasteiger charge is 2.29. The van der Waals surface area contributed by atoms with Gasteiger partial charge in [0, 0.05) is 5.33 Å². The number of carbonyl (C=O) groups excluding carboxylic acids is 1. The number of ether oxygens (including phenoxy) is 1. The molecule has 0 saturated carbocycles. The highest BCUT2D eigenvalue weighted by molar-refractivity contribution is 9.12. The molecule has 0 aliphatic heterocycles. The number of carboxylic acid groups (broad SMARTS) is 1. The van der Waals surface area contributed by atoms with Crippen LogP contribution in [-0.4, -0.2) is 39.0 Å². The van der Waals surface area contributed by atoms with Crippen LogP contribution in [0.15, 0.2) is 0 Å². The van der Waals surface area contributed by atoms with E-state index in [-0.39, 0.29) is 0 Å². The monoisotopic (exact) mass is 359 g/mol. The van der Waals surface area contributed by atoms with Gasteiger partial charge in [-0.15, -0.1) is 0 Å². The maximum Gasteiger partial charge on any atom is 0.408 e. The predicted octanol–water partition coefficient (Wildman–Crippen LogP) is 2.12. The van der Waals surface area contributed by atoms with E-state index < -0.39 is 28.5 Å². The second kappa shape index (κ2) is 6.44. The average Bonchev–Trinajstić information content (AvgIpc) is 2.09. The number of hydrogen-bond acceptors (Lipinski definition) is 3. The van der Waals surface area contributed by atoms with E-state index in [9.17, 15) is 9.59 Å². The molecule has 0 aliphatic rings. The Hall–Kier alpha value is -0.300. The summed E-state index contributed by atoms with van der Waals surface area (Å²) in [6.45, 7) is 5.12. The first-order chi connectivity index (χ1) is 7.17. The van der Waals surface area contributed by atoms with Gasteiger partial charge in [-0.3, -0.25) is 0 Å². The quantitative estimate of drug-likeness (QED) is 0.753. The summed E-state index contributed by atoms with van der Waals surface area (Å²) in [6.07, 6.45) is -0.745. The van der Waals surface area contributed by atoms with Crippen molar-refractivity contribution >= 4 is 43.9 Å². The lowest BCUT2D eigenvalue weighted by Crippen LogP contribution is -2.48. The van der Waals surface area contributed by atoms with Crippen molar-refractivity contribution in [3.63, 3.8) is 0 Å². The fourth-order valence-corrected chi connectivity index (χ4v) is 1.56. The molecule has 0 aliphatic carbocycles. The number of rotatable bonds is 4. The fraction of sp³-hybridized carbons (Fsp3) is 0.778. The summed E-state index contributed by atoms with van der Waals surface area (Å²) >= 11 is 6.29. The highest BCUT2D eigenvalue weighted by Crippen LogP contribution is 2.11. The molecular weight excluding hydrogens is 346 g/mol. The largest absolute Gasteiger partial charge is 0.480 e. The predicted molar refractivity (Wildman–Crippen MR) is 67.3 cm³/mol. The molecule has 5 nitrogen and oxygen atoms in total. The van der Waals surface area contributed by atoms with Crippen LogP contribution in [0.2, 0.25) is 0 Å². The Morgan fingerprint density at radius 3 is 2.25 bits per heavy atom. The number of amides is 1. The molecule has 0 aromatic carbocycles. The number of alkyl halides is 2. The molecule has 0 spiro atoms. The van der Waals surface area contributed by atoms with E-state index in [0.29, 0.717) is 5.33 Å². The number of carbonyl (C=O) groups is 2. The number of nitrogens with one attached hydrogen (secondary N) is 1. The van der Waals surface area contributed by atoms with Gasteiger partial charge in [0.1, 0.15) is 11.6 Å². The Kier molecular flexibility index (Phi) is 6.32. The van der Waals surface area contributed by atoms with Gasteiger partial charge >= 0.3 is 12.1 Å². The molecule has 2 N–H and O–H groups in total. The van der Waals surface area contributed by atoms with Crippen LogP contribution in [-0.2, 0) is 9.53 Å². The third-order valence-electron chi connectivity index (χ3n) is 1.45. The molecule has 0 radical (unpaired) electrons.